The Hall–Kier alpha value is -2.54. The molecule has 1 atom stereocenters. The number of hydrogen-bond acceptors (Lipinski definition) is 5. The van der Waals surface area contributed by atoms with E-state index in [4.69, 9.17) is 9.15 Å². The van der Waals surface area contributed by atoms with Gasteiger partial charge >= 0.3 is 5.97 Å². The molecule has 122 valence electrons. The van der Waals surface area contributed by atoms with Crippen molar-refractivity contribution >= 4 is 21.9 Å². The molecule has 1 heterocycles. The van der Waals surface area contributed by atoms with Crippen LogP contribution in [0.25, 0.3) is 11.5 Å². The molecule has 3 aromatic rings. The largest absolute Gasteiger partial charge is 0.449 e. The molecule has 7 heteroatoms. The van der Waals surface area contributed by atoms with Gasteiger partial charge in [-0.25, -0.2) is 9.18 Å². The van der Waals surface area contributed by atoms with Crippen LogP contribution in [0.4, 0.5) is 4.39 Å². The van der Waals surface area contributed by atoms with E-state index in [1.165, 1.54) is 24.3 Å². The van der Waals surface area contributed by atoms with Gasteiger partial charge in [-0.15, -0.1) is 10.2 Å². The molecule has 0 spiro atoms. The van der Waals surface area contributed by atoms with Gasteiger partial charge in [0.2, 0.25) is 5.89 Å². The van der Waals surface area contributed by atoms with Crippen LogP contribution in [0, 0.1) is 5.82 Å². The Labute approximate surface area is 145 Å². The molecule has 0 N–H and O–H groups in total. The third kappa shape index (κ3) is 3.68. The zero-order chi connectivity index (χ0) is 17.1. The molecule has 0 amide bonds. The lowest BCUT2D eigenvalue weighted by Crippen LogP contribution is -2.09. The maximum Gasteiger partial charge on any atom is 0.338 e. The molecule has 0 radical (unpaired) electrons. The molecular formula is C17H12BrFN2O3. The average Bonchev–Trinajstić information content (AvgIpc) is 3.06. The third-order valence-electron chi connectivity index (χ3n) is 3.24. The summed E-state index contributed by atoms with van der Waals surface area (Å²) < 4.78 is 24.6. The van der Waals surface area contributed by atoms with Gasteiger partial charge in [-0.2, -0.15) is 0 Å². The van der Waals surface area contributed by atoms with Gasteiger partial charge in [-0.05, 0) is 55.5 Å². The molecule has 0 bridgehead atoms. The van der Waals surface area contributed by atoms with Crippen molar-refractivity contribution in [1.82, 2.24) is 10.2 Å². The van der Waals surface area contributed by atoms with Crippen molar-refractivity contribution in [3.63, 3.8) is 0 Å². The van der Waals surface area contributed by atoms with Crippen molar-refractivity contribution in [3.8, 4) is 11.5 Å². The molecule has 0 unspecified atom stereocenters. The van der Waals surface area contributed by atoms with Gasteiger partial charge in [0.1, 0.15) is 5.82 Å². The Balaban J connectivity index is 1.71. The summed E-state index contributed by atoms with van der Waals surface area (Å²) in [5, 5.41) is 7.77. The Morgan fingerprint density at radius 3 is 2.46 bits per heavy atom. The number of ether oxygens (including phenoxy) is 1. The van der Waals surface area contributed by atoms with Crippen molar-refractivity contribution in [2.24, 2.45) is 0 Å². The number of hydrogen-bond donors (Lipinski definition) is 0. The number of rotatable bonds is 4. The second kappa shape index (κ2) is 6.92. The van der Waals surface area contributed by atoms with Gasteiger partial charge in [0, 0.05) is 10.0 Å². The van der Waals surface area contributed by atoms with Crippen LogP contribution >= 0.6 is 15.9 Å². The monoisotopic (exact) mass is 390 g/mol. The highest BCUT2D eigenvalue weighted by Crippen LogP contribution is 2.23. The van der Waals surface area contributed by atoms with E-state index in [0.717, 1.165) is 4.47 Å². The van der Waals surface area contributed by atoms with E-state index in [-0.39, 0.29) is 17.6 Å². The second-order valence-electron chi connectivity index (χ2n) is 5.01. The molecule has 5 nitrogen and oxygen atoms in total. The van der Waals surface area contributed by atoms with Crippen molar-refractivity contribution in [1.29, 1.82) is 0 Å². The topological polar surface area (TPSA) is 65.2 Å². The van der Waals surface area contributed by atoms with Crippen LogP contribution in [-0.4, -0.2) is 16.2 Å². The summed E-state index contributed by atoms with van der Waals surface area (Å²) >= 11 is 3.30. The summed E-state index contributed by atoms with van der Waals surface area (Å²) in [5.41, 5.74) is 1.00. The van der Waals surface area contributed by atoms with E-state index >= 15 is 0 Å². The van der Waals surface area contributed by atoms with Gasteiger partial charge in [0.25, 0.3) is 5.89 Å². The number of benzene rings is 2. The third-order valence-corrected chi connectivity index (χ3v) is 3.77. The molecule has 3 rings (SSSR count). The lowest BCUT2D eigenvalue weighted by atomic mass is 10.2. The Kier molecular flexibility index (Phi) is 4.71. The van der Waals surface area contributed by atoms with Crippen LogP contribution in [0.1, 0.15) is 29.3 Å². The van der Waals surface area contributed by atoms with E-state index in [0.29, 0.717) is 11.1 Å². The highest BCUT2D eigenvalue weighted by Gasteiger charge is 2.20. The number of esters is 1. The quantitative estimate of drug-likeness (QED) is 0.611. The van der Waals surface area contributed by atoms with Crippen molar-refractivity contribution in [2.45, 2.75) is 13.0 Å². The van der Waals surface area contributed by atoms with Gasteiger partial charge in [-0.1, -0.05) is 15.9 Å². The van der Waals surface area contributed by atoms with E-state index in [1.807, 2.05) is 0 Å². The molecule has 0 aliphatic rings. The smallest absolute Gasteiger partial charge is 0.338 e. The van der Waals surface area contributed by atoms with Crippen molar-refractivity contribution in [3.05, 3.63) is 70.3 Å². The fourth-order valence-corrected chi connectivity index (χ4v) is 2.24. The highest BCUT2D eigenvalue weighted by molar-refractivity contribution is 9.10. The number of carbonyl (C=O) groups is 1. The minimum absolute atomic E-state index is 0.166. The fourth-order valence-electron chi connectivity index (χ4n) is 1.97. The summed E-state index contributed by atoms with van der Waals surface area (Å²) in [5.74, 6) is -0.442. The minimum atomic E-state index is -0.706. The summed E-state index contributed by atoms with van der Waals surface area (Å²) in [6.45, 7) is 1.64. The summed E-state index contributed by atoms with van der Waals surface area (Å²) in [4.78, 5) is 12.1. The van der Waals surface area contributed by atoms with Crippen LogP contribution in [-0.2, 0) is 4.74 Å². The molecule has 1 aromatic heterocycles. The van der Waals surface area contributed by atoms with Crippen LogP contribution in [0.2, 0.25) is 0 Å². The summed E-state index contributed by atoms with van der Waals surface area (Å²) in [7, 11) is 0. The van der Waals surface area contributed by atoms with Crippen LogP contribution in [0.5, 0.6) is 0 Å². The number of halogens is 2. The molecule has 0 aliphatic carbocycles. The number of aromatic nitrogens is 2. The molecular weight excluding hydrogens is 379 g/mol. The van der Waals surface area contributed by atoms with Crippen LogP contribution < -0.4 is 0 Å². The zero-order valence-corrected chi connectivity index (χ0v) is 14.2. The molecule has 0 saturated carbocycles. The summed E-state index contributed by atoms with van der Waals surface area (Å²) in [6, 6.07) is 12.5. The molecule has 24 heavy (non-hydrogen) atoms. The number of nitrogens with zero attached hydrogens (tertiary/aromatic N) is 2. The maximum absolute atomic E-state index is 12.9. The second-order valence-corrected chi connectivity index (χ2v) is 5.92. The first-order chi connectivity index (χ1) is 11.5. The van der Waals surface area contributed by atoms with E-state index in [2.05, 4.69) is 26.1 Å². The van der Waals surface area contributed by atoms with Crippen LogP contribution in [0.3, 0.4) is 0 Å². The zero-order valence-electron chi connectivity index (χ0n) is 12.6. The first kappa shape index (κ1) is 16.3. The van der Waals surface area contributed by atoms with Gasteiger partial charge in [0.05, 0.1) is 5.56 Å². The first-order valence-electron chi connectivity index (χ1n) is 7.09. The van der Waals surface area contributed by atoms with Crippen LogP contribution in [0.15, 0.2) is 57.4 Å². The van der Waals surface area contributed by atoms with E-state index < -0.39 is 12.1 Å². The SMILES string of the molecule is C[C@@H](OC(=O)c1ccc(Br)cc1)c1nnc(-c2ccc(F)cc2)o1. The predicted octanol–water partition coefficient (Wildman–Crippen LogP) is 4.56. The Morgan fingerprint density at radius 1 is 1.12 bits per heavy atom. The normalized spacial score (nSPS) is 12.0. The standard InChI is InChI=1S/C17H12BrFN2O3/c1-10(23-17(22)12-2-6-13(18)7-3-12)15-20-21-16(24-15)11-4-8-14(19)9-5-11/h2-10H,1H3/t10-/m1/s1. The molecule has 0 fully saturated rings. The molecule has 0 saturated heterocycles. The average molecular weight is 391 g/mol. The van der Waals surface area contributed by atoms with Crippen molar-refractivity contribution < 1.29 is 18.3 Å². The minimum Gasteiger partial charge on any atom is -0.449 e. The van der Waals surface area contributed by atoms with Gasteiger partial charge in [-0.3, -0.25) is 0 Å². The van der Waals surface area contributed by atoms with Gasteiger partial charge in [0.15, 0.2) is 6.10 Å². The van der Waals surface area contributed by atoms with Gasteiger partial charge < -0.3 is 9.15 Å². The molecule has 0 aliphatic heterocycles. The Bertz CT molecular complexity index is 847. The number of carbonyl (C=O) groups excluding carboxylic acids is 1. The first-order valence-corrected chi connectivity index (χ1v) is 7.88. The fraction of sp³-hybridized carbons (Fsp3) is 0.118. The maximum atomic E-state index is 12.9. The van der Waals surface area contributed by atoms with E-state index in [1.54, 1.807) is 31.2 Å². The van der Waals surface area contributed by atoms with E-state index in [9.17, 15) is 9.18 Å². The lowest BCUT2D eigenvalue weighted by molar-refractivity contribution is 0.0280. The molecule has 2 aromatic carbocycles. The van der Waals surface area contributed by atoms with Crippen molar-refractivity contribution in [2.75, 3.05) is 0 Å². The summed E-state index contributed by atoms with van der Waals surface area (Å²) in [6.07, 6.45) is -0.706. The predicted molar refractivity (Wildman–Crippen MR) is 87.7 cm³/mol. The Morgan fingerprint density at radius 2 is 1.79 bits per heavy atom. The lowest BCUT2D eigenvalue weighted by Gasteiger charge is -2.09. The highest BCUT2D eigenvalue weighted by atomic mass is 79.9.